The van der Waals surface area contributed by atoms with Crippen molar-refractivity contribution in [2.45, 2.75) is 38.0 Å². The Morgan fingerprint density at radius 2 is 1.72 bits per heavy atom. The quantitative estimate of drug-likeness (QED) is 0.397. The SMILES string of the molecule is O=C(C=Cc1ccc2c(c1)OCO2)OCC(=O)c1ccc(C2CCCCC2)cc1. The first-order valence-corrected chi connectivity index (χ1v) is 10.1. The van der Waals surface area contributed by atoms with Gasteiger partial charge in [0.25, 0.3) is 0 Å². The van der Waals surface area contributed by atoms with E-state index in [0.717, 1.165) is 5.56 Å². The van der Waals surface area contributed by atoms with Crippen LogP contribution in [-0.2, 0) is 9.53 Å². The molecule has 1 saturated carbocycles. The average Bonchev–Trinajstić information content (AvgIpc) is 3.24. The largest absolute Gasteiger partial charge is 0.454 e. The second kappa shape index (κ2) is 8.95. The molecule has 1 aliphatic heterocycles. The Hall–Kier alpha value is -3.08. The maximum absolute atomic E-state index is 12.3. The summed E-state index contributed by atoms with van der Waals surface area (Å²) < 4.78 is 15.6. The molecule has 0 aromatic heterocycles. The third-order valence-corrected chi connectivity index (χ3v) is 5.46. The van der Waals surface area contributed by atoms with Crippen LogP contribution < -0.4 is 9.47 Å². The van der Waals surface area contributed by atoms with Crippen molar-refractivity contribution in [2.24, 2.45) is 0 Å². The van der Waals surface area contributed by atoms with Gasteiger partial charge in [0, 0.05) is 11.6 Å². The summed E-state index contributed by atoms with van der Waals surface area (Å²) in [5, 5.41) is 0. The number of esters is 1. The van der Waals surface area contributed by atoms with Crippen LogP contribution in [0, 0.1) is 0 Å². The van der Waals surface area contributed by atoms with Crippen molar-refractivity contribution in [3.05, 3.63) is 65.2 Å². The van der Waals surface area contributed by atoms with Gasteiger partial charge < -0.3 is 14.2 Å². The number of hydrogen-bond donors (Lipinski definition) is 0. The van der Waals surface area contributed by atoms with E-state index in [2.05, 4.69) is 0 Å². The number of hydrogen-bond acceptors (Lipinski definition) is 5. The number of fused-ring (bicyclic) bond motifs is 1. The molecule has 5 heteroatoms. The molecule has 2 aliphatic rings. The normalized spacial score (nSPS) is 16.1. The molecule has 1 aliphatic carbocycles. The molecule has 0 N–H and O–H groups in total. The van der Waals surface area contributed by atoms with Gasteiger partial charge in [0.1, 0.15) is 0 Å². The highest BCUT2D eigenvalue weighted by Crippen LogP contribution is 2.33. The van der Waals surface area contributed by atoms with Crippen LogP contribution in [-0.4, -0.2) is 25.2 Å². The first-order valence-electron chi connectivity index (χ1n) is 10.1. The Morgan fingerprint density at radius 1 is 0.966 bits per heavy atom. The second-order valence-corrected chi connectivity index (χ2v) is 7.43. The van der Waals surface area contributed by atoms with Crippen LogP contribution in [0.1, 0.15) is 59.5 Å². The summed E-state index contributed by atoms with van der Waals surface area (Å²) in [6.45, 7) is -0.0681. The molecule has 0 unspecified atom stereocenters. The van der Waals surface area contributed by atoms with Crippen molar-refractivity contribution in [1.82, 2.24) is 0 Å². The molecule has 29 heavy (non-hydrogen) atoms. The minimum Gasteiger partial charge on any atom is -0.454 e. The van der Waals surface area contributed by atoms with Crippen molar-refractivity contribution in [3.8, 4) is 11.5 Å². The van der Waals surface area contributed by atoms with E-state index in [1.165, 1.54) is 43.7 Å². The van der Waals surface area contributed by atoms with E-state index >= 15 is 0 Å². The minimum absolute atomic E-state index is 0.203. The summed E-state index contributed by atoms with van der Waals surface area (Å²) >= 11 is 0. The Kier molecular flexibility index (Phi) is 5.94. The Labute approximate surface area is 170 Å². The summed E-state index contributed by atoms with van der Waals surface area (Å²) in [5.74, 6) is 1.17. The van der Waals surface area contributed by atoms with Crippen LogP contribution in [0.5, 0.6) is 11.5 Å². The third kappa shape index (κ3) is 4.86. The van der Waals surface area contributed by atoms with Gasteiger partial charge >= 0.3 is 5.97 Å². The standard InChI is InChI=1S/C24H24O5/c25-21(20-10-8-19(9-11-20)18-4-2-1-3-5-18)15-27-24(26)13-7-17-6-12-22-23(14-17)29-16-28-22/h6-14,18H,1-5,15-16H2. The Bertz CT molecular complexity index is 907. The second-order valence-electron chi connectivity index (χ2n) is 7.43. The van der Waals surface area contributed by atoms with Gasteiger partial charge in [-0.3, -0.25) is 4.79 Å². The summed E-state index contributed by atoms with van der Waals surface area (Å²) in [5.41, 5.74) is 2.65. The lowest BCUT2D eigenvalue weighted by molar-refractivity contribution is -0.136. The first kappa shape index (κ1) is 19.2. The van der Waals surface area contributed by atoms with Gasteiger partial charge in [-0.2, -0.15) is 0 Å². The zero-order valence-corrected chi connectivity index (χ0v) is 16.3. The highest BCUT2D eigenvalue weighted by atomic mass is 16.7. The highest BCUT2D eigenvalue weighted by Gasteiger charge is 2.16. The lowest BCUT2D eigenvalue weighted by atomic mass is 9.84. The van der Waals surface area contributed by atoms with Crippen LogP contribution in [0.2, 0.25) is 0 Å². The zero-order chi connectivity index (χ0) is 20.1. The molecule has 0 amide bonds. The highest BCUT2D eigenvalue weighted by molar-refractivity contribution is 5.98. The molecule has 0 saturated heterocycles. The van der Waals surface area contributed by atoms with E-state index < -0.39 is 5.97 Å². The van der Waals surface area contributed by atoms with E-state index in [-0.39, 0.29) is 19.2 Å². The molecule has 1 fully saturated rings. The van der Waals surface area contributed by atoms with Crippen molar-refractivity contribution in [3.63, 3.8) is 0 Å². The van der Waals surface area contributed by atoms with Crippen molar-refractivity contribution >= 4 is 17.8 Å². The van der Waals surface area contributed by atoms with Crippen LogP contribution in [0.3, 0.4) is 0 Å². The fraction of sp³-hybridized carbons (Fsp3) is 0.333. The van der Waals surface area contributed by atoms with Gasteiger partial charge in [0.15, 0.2) is 23.9 Å². The summed E-state index contributed by atoms with van der Waals surface area (Å²) in [4.78, 5) is 24.2. The summed E-state index contributed by atoms with van der Waals surface area (Å²) in [6, 6.07) is 13.1. The van der Waals surface area contributed by atoms with E-state index in [1.54, 1.807) is 18.2 Å². The fourth-order valence-electron chi connectivity index (χ4n) is 3.83. The molecule has 4 rings (SSSR count). The summed E-state index contributed by atoms with van der Waals surface area (Å²) in [7, 11) is 0. The molecule has 1 heterocycles. The molecule has 0 spiro atoms. The molecule has 0 radical (unpaired) electrons. The minimum atomic E-state index is -0.560. The molecule has 150 valence electrons. The van der Waals surface area contributed by atoms with E-state index in [9.17, 15) is 9.59 Å². The topological polar surface area (TPSA) is 61.8 Å². The number of carbonyl (C=O) groups is 2. The van der Waals surface area contributed by atoms with Gasteiger partial charge in [-0.25, -0.2) is 4.79 Å². The molecule has 0 bridgehead atoms. The number of Topliss-reactive ketones (excluding diaryl/α,β-unsaturated/α-hetero) is 1. The number of ketones is 1. The molecular formula is C24H24O5. The number of carbonyl (C=O) groups excluding carboxylic acids is 2. The van der Waals surface area contributed by atoms with Gasteiger partial charge in [-0.15, -0.1) is 0 Å². The molecular weight excluding hydrogens is 368 g/mol. The van der Waals surface area contributed by atoms with Crippen LogP contribution in [0.4, 0.5) is 0 Å². The monoisotopic (exact) mass is 392 g/mol. The molecule has 2 aromatic carbocycles. The lowest BCUT2D eigenvalue weighted by Gasteiger charge is -2.22. The number of ether oxygens (including phenoxy) is 3. The van der Waals surface area contributed by atoms with Gasteiger partial charge in [-0.1, -0.05) is 49.6 Å². The zero-order valence-electron chi connectivity index (χ0n) is 16.3. The average molecular weight is 392 g/mol. The predicted molar refractivity (Wildman–Crippen MR) is 109 cm³/mol. The van der Waals surface area contributed by atoms with Crippen molar-refractivity contribution < 1.29 is 23.8 Å². The van der Waals surface area contributed by atoms with Crippen LogP contribution >= 0.6 is 0 Å². The Balaban J connectivity index is 1.28. The molecule has 2 aromatic rings. The maximum atomic E-state index is 12.3. The van der Waals surface area contributed by atoms with Gasteiger partial charge in [0.2, 0.25) is 6.79 Å². The predicted octanol–water partition coefficient (Wildman–Crippen LogP) is 4.90. The van der Waals surface area contributed by atoms with Crippen LogP contribution in [0.15, 0.2) is 48.5 Å². The van der Waals surface area contributed by atoms with Crippen molar-refractivity contribution in [2.75, 3.05) is 13.4 Å². The van der Waals surface area contributed by atoms with E-state index in [0.29, 0.717) is 23.0 Å². The third-order valence-electron chi connectivity index (χ3n) is 5.46. The Morgan fingerprint density at radius 3 is 2.52 bits per heavy atom. The summed E-state index contributed by atoms with van der Waals surface area (Å²) in [6.07, 6.45) is 9.25. The lowest BCUT2D eigenvalue weighted by Crippen LogP contribution is -2.13. The van der Waals surface area contributed by atoms with E-state index in [4.69, 9.17) is 14.2 Å². The molecule has 5 nitrogen and oxygen atoms in total. The molecule has 0 atom stereocenters. The van der Waals surface area contributed by atoms with E-state index in [1.807, 2.05) is 30.3 Å². The van der Waals surface area contributed by atoms with Gasteiger partial charge in [0.05, 0.1) is 0 Å². The number of rotatable bonds is 6. The fourth-order valence-corrected chi connectivity index (χ4v) is 3.83. The van der Waals surface area contributed by atoms with Gasteiger partial charge in [-0.05, 0) is 48.1 Å². The first-order chi connectivity index (χ1) is 14.2. The maximum Gasteiger partial charge on any atom is 0.331 e. The van der Waals surface area contributed by atoms with Crippen LogP contribution in [0.25, 0.3) is 6.08 Å². The smallest absolute Gasteiger partial charge is 0.331 e. The van der Waals surface area contributed by atoms with Crippen molar-refractivity contribution in [1.29, 1.82) is 0 Å². The number of benzene rings is 2.